The topological polar surface area (TPSA) is 61.0 Å². The van der Waals surface area contributed by atoms with Crippen molar-refractivity contribution in [2.24, 2.45) is 0 Å². The smallest absolute Gasteiger partial charge is 0.272 e. The molecule has 0 bridgehead atoms. The molecule has 2 aliphatic heterocycles. The number of carbonyl (C=O) groups is 1. The van der Waals surface area contributed by atoms with E-state index in [4.69, 9.17) is 0 Å². The Bertz CT molecular complexity index is 787. The number of amides is 1. The second kappa shape index (κ2) is 6.83. The van der Waals surface area contributed by atoms with Crippen molar-refractivity contribution in [3.8, 4) is 11.3 Å². The first-order valence-corrected chi connectivity index (χ1v) is 9.44. The van der Waals surface area contributed by atoms with E-state index in [0.717, 1.165) is 50.8 Å². The summed E-state index contributed by atoms with van der Waals surface area (Å²) < 4.78 is 13.1. The fraction of sp³-hybridized carbons (Fsp3) is 0.500. The van der Waals surface area contributed by atoms with E-state index in [0.29, 0.717) is 11.4 Å². The van der Waals surface area contributed by atoms with Crippen LogP contribution in [0.2, 0.25) is 0 Å². The predicted octanol–water partition coefficient (Wildman–Crippen LogP) is 3.35. The van der Waals surface area contributed by atoms with E-state index in [1.807, 2.05) is 4.90 Å². The zero-order chi connectivity index (χ0) is 18.1. The number of aromatic amines is 1. The van der Waals surface area contributed by atoms with Gasteiger partial charge in [0.1, 0.15) is 11.5 Å². The average molecular weight is 356 g/mol. The minimum absolute atomic E-state index is 0.00508. The van der Waals surface area contributed by atoms with Crippen LogP contribution in [0.5, 0.6) is 0 Å². The van der Waals surface area contributed by atoms with Gasteiger partial charge in [-0.3, -0.25) is 9.89 Å². The van der Waals surface area contributed by atoms with Gasteiger partial charge in [-0.1, -0.05) is 6.42 Å². The molecule has 2 N–H and O–H groups in total. The second-order valence-electron chi connectivity index (χ2n) is 7.63. The lowest BCUT2D eigenvalue weighted by molar-refractivity contribution is 0.0374. The molecule has 26 heavy (non-hydrogen) atoms. The number of nitrogens with one attached hydrogen (secondary N) is 2. The third-order valence-electron chi connectivity index (χ3n) is 5.85. The maximum atomic E-state index is 13.2. The van der Waals surface area contributed by atoms with Crippen LogP contribution in [-0.2, 0) is 0 Å². The van der Waals surface area contributed by atoms with Crippen LogP contribution in [0.25, 0.3) is 11.3 Å². The van der Waals surface area contributed by atoms with E-state index in [1.54, 1.807) is 18.2 Å². The molecular formula is C20H25FN4O. The Morgan fingerprint density at radius 1 is 1.27 bits per heavy atom. The van der Waals surface area contributed by atoms with Crippen molar-refractivity contribution in [2.75, 3.05) is 13.1 Å². The Morgan fingerprint density at radius 3 is 2.88 bits per heavy atom. The third-order valence-corrected chi connectivity index (χ3v) is 5.85. The quantitative estimate of drug-likeness (QED) is 0.867. The van der Waals surface area contributed by atoms with Crippen LogP contribution in [0.3, 0.4) is 0 Å². The number of H-pyrrole nitrogens is 1. The Balaban J connectivity index is 1.58. The van der Waals surface area contributed by atoms with E-state index < -0.39 is 0 Å². The SMILES string of the molecule is C[C@]12CCCN(C(=O)c3cc(-c4ccc(F)cc4)n[nH]3)[C@H]1CCCCN2. The molecule has 1 aromatic heterocycles. The number of fused-ring (bicyclic) bond motifs is 1. The minimum Gasteiger partial charge on any atom is -0.333 e. The molecule has 0 spiro atoms. The molecule has 1 amide bonds. The first-order chi connectivity index (χ1) is 12.6. The van der Waals surface area contributed by atoms with Crippen molar-refractivity contribution in [3.63, 3.8) is 0 Å². The summed E-state index contributed by atoms with van der Waals surface area (Å²) in [5, 5.41) is 10.8. The molecule has 2 fully saturated rings. The Hall–Kier alpha value is -2.21. The predicted molar refractivity (Wildman–Crippen MR) is 98.3 cm³/mol. The molecular weight excluding hydrogens is 331 g/mol. The first kappa shape index (κ1) is 17.2. The highest BCUT2D eigenvalue weighted by atomic mass is 19.1. The van der Waals surface area contributed by atoms with Crippen molar-refractivity contribution in [1.82, 2.24) is 20.4 Å². The van der Waals surface area contributed by atoms with Crippen molar-refractivity contribution < 1.29 is 9.18 Å². The Labute approximate surface area is 153 Å². The number of benzene rings is 1. The van der Waals surface area contributed by atoms with Crippen LogP contribution in [0.15, 0.2) is 30.3 Å². The summed E-state index contributed by atoms with van der Waals surface area (Å²) in [6.07, 6.45) is 5.44. The maximum Gasteiger partial charge on any atom is 0.272 e. The second-order valence-corrected chi connectivity index (χ2v) is 7.63. The summed E-state index contributed by atoms with van der Waals surface area (Å²) in [4.78, 5) is 15.2. The molecule has 2 aromatic rings. The number of aromatic nitrogens is 2. The molecule has 0 aliphatic carbocycles. The largest absolute Gasteiger partial charge is 0.333 e. The number of piperidine rings is 1. The summed E-state index contributed by atoms with van der Waals surface area (Å²) in [7, 11) is 0. The molecule has 0 unspecified atom stereocenters. The summed E-state index contributed by atoms with van der Waals surface area (Å²) in [6, 6.07) is 8.13. The summed E-state index contributed by atoms with van der Waals surface area (Å²) in [5.41, 5.74) is 1.94. The number of halogens is 1. The van der Waals surface area contributed by atoms with Gasteiger partial charge >= 0.3 is 0 Å². The highest BCUT2D eigenvalue weighted by Gasteiger charge is 2.43. The number of likely N-dealkylation sites (tertiary alicyclic amines) is 1. The Kier molecular flexibility index (Phi) is 4.53. The normalized spacial score (nSPS) is 26.2. The minimum atomic E-state index is -0.283. The van der Waals surface area contributed by atoms with E-state index >= 15 is 0 Å². The number of hydrogen-bond acceptors (Lipinski definition) is 3. The highest BCUT2D eigenvalue weighted by molar-refractivity contribution is 5.93. The van der Waals surface area contributed by atoms with E-state index in [1.165, 1.54) is 12.1 Å². The van der Waals surface area contributed by atoms with Crippen LogP contribution >= 0.6 is 0 Å². The lowest BCUT2D eigenvalue weighted by Gasteiger charge is -2.48. The maximum absolute atomic E-state index is 13.2. The summed E-state index contributed by atoms with van der Waals surface area (Å²) in [6.45, 7) is 4.05. The van der Waals surface area contributed by atoms with E-state index in [-0.39, 0.29) is 23.3 Å². The number of nitrogens with zero attached hydrogens (tertiary/aromatic N) is 2. The van der Waals surface area contributed by atoms with Gasteiger partial charge in [-0.05, 0) is 69.5 Å². The molecule has 2 atom stereocenters. The van der Waals surface area contributed by atoms with E-state index in [2.05, 4.69) is 22.4 Å². The summed E-state index contributed by atoms with van der Waals surface area (Å²) in [5.74, 6) is -0.278. The molecule has 2 aliphatic rings. The molecule has 3 heterocycles. The standard InChI is InChI=1S/C20H25FN4O/c1-20-10-4-12-25(18(20)5-2-3-11-22-20)19(26)17-13-16(23-24-17)14-6-8-15(21)9-7-14/h6-9,13,18,22H,2-5,10-12H2,1H3,(H,23,24)/t18-,20-/m0/s1. The lowest BCUT2D eigenvalue weighted by Crippen LogP contribution is -2.62. The van der Waals surface area contributed by atoms with Gasteiger partial charge in [0.15, 0.2) is 0 Å². The highest BCUT2D eigenvalue weighted by Crippen LogP contribution is 2.33. The van der Waals surface area contributed by atoms with Crippen molar-refractivity contribution in [1.29, 1.82) is 0 Å². The molecule has 5 nitrogen and oxygen atoms in total. The van der Waals surface area contributed by atoms with Gasteiger partial charge in [-0.25, -0.2) is 4.39 Å². The molecule has 1 aromatic carbocycles. The van der Waals surface area contributed by atoms with Gasteiger partial charge in [-0.2, -0.15) is 5.10 Å². The van der Waals surface area contributed by atoms with E-state index in [9.17, 15) is 9.18 Å². The fourth-order valence-electron chi connectivity index (χ4n) is 4.40. The monoisotopic (exact) mass is 356 g/mol. The van der Waals surface area contributed by atoms with Gasteiger partial charge in [0.2, 0.25) is 0 Å². The van der Waals surface area contributed by atoms with Gasteiger partial charge < -0.3 is 10.2 Å². The van der Waals surface area contributed by atoms with Gasteiger partial charge in [0.05, 0.1) is 5.69 Å². The molecule has 4 rings (SSSR count). The fourth-order valence-corrected chi connectivity index (χ4v) is 4.40. The molecule has 6 heteroatoms. The number of hydrogen-bond donors (Lipinski definition) is 2. The zero-order valence-corrected chi connectivity index (χ0v) is 15.1. The Morgan fingerprint density at radius 2 is 2.08 bits per heavy atom. The van der Waals surface area contributed by atoms with Gasteiger partial charge in [0.25, 0.3) is 5.91 Å². The molecule has 138 valence electrons. The van der Waals surface area contributed by atoms with Crippen LogP contribution in [0, 0.1) is 5.82 Å². The van der Waals surface area contributed by atoms with Crippen LogP contribution in [0.1, 0.15) is 49.5 Å². The average Bonchev–Trinajstić information content (AvgIpc) is 3.04. The van der Waals surface area contributed by atoms with Gasteiger partial charge in [-0.15, -0.1) is 0 Å². The number of rotatable bonds is 2. The lowest BCUT2D eigenvalue weighted by atomic mass is 9.81. The zero-order valence-electron chi connectivity index (χ0n) is 15.1. The number of carbonyl (C=O) groups excluding carboxylic acids is 1. The third kappa shape index (κ3) is 3.14. The van der Waals surface area contributed by atoms with Crippen LogP contribution in [0.4, 0.5) is 4.39 Å². The molecule has 0 saturated carbocycles. The molecule has 2 saturated heterocycles. The summed E-state index contributed by atoms with van der Waals surface area (Å²) >= 11 is 0. The van der Waals surface area contributed by atoms with Gasteiger partial charge in [0, 0.05) is 23.7 Å². The van der Waals surface area contributed by atoms with Crippen LogP contribution in [-0.4, -0.2) is 45.7 Å². The molecule has 0 radical (unpaired) electrons. The first-order valence-electron chi connectivity index (χ1n) is 9.44. The van der Waals surface area contributed by atoms with Crippen LogP contribution < -0.4 is 5.32 Å². The van der Waals surface area contributed by atoms with Crippen molar-refractivity contribution >= 4 is 5.91 Å². The van der Waals surface area contributed by atoms with Crippen molar-refractivity contribution in [2.45, 2.75) is 50.6 Å². The van der Waals surface area contributed by atoms with Crippen molar-refractivity contribution in [3.05, 3.63) is 41.8 Å².